The molecule has 0 bridgehead atoms. The fourth-order valence-corrected chi connectivity index (χ4v) is 2.63. The minimum Gasteiger partial charge on any atom is -0.393 e. The number of hydrogen-bond acceptors (Lipinski definition) is 2. The summed E-state index contributed by atoms with van der Waals surface area (Å²) in [6.07, 6.45) is 3.80. The summed E-state index contributed by atoms with van der Waals surface area (Å²) in [5, 5.41) is 14.7. The molecule has 1 aromatic heterocycles. The third-order valence-electron chi connectivity index (χ3n) is 3.68. The highest BCUT2D eigenvalue weighted by molar-refractivity contribution is 5.89. The first-order valence-electron chi connectivity index (χ1n) is 7.93. The number of halogens is 1. The molecule has 0 saturated carbocycles. The zero-order valence-electron chi connectivity index (χ0n) is 14.2. The standard InChI is InChI=1S/C18H24FN3O2/c1-13(23)11-18(2,3)12-20-17(24)21-16-10-14(6-7-15(16)19)22-8-4-5-9-22/h4-10,13,23H,11-12H2,1-3H3,(H2,20,21,24). The van der Waals surface area contributed by atoms with Gasteiger partial charge in [-0.15, -0.1) is 0 Å². The van der Waals surface area contributed by atoms with Crippen LogP contribution in [0.3, 0.4) is 0 Å². The van der Waals surface area contributed by atoms with Crippen LogP contribution >= 0.6 is 0 Å². The van der Waals surface area contributed by atoms with E-state index in [9.17, 15) is 14.3 Å². The van der Waals surface area contributed by atoms with Crippen LogP contribution in [-0.2, 0) is 0 Å². The molecule has 1 unspecified atom stereocenters. The molecule has 2 rings (SSSR count). The molecule has 2 amide bonds. The first kappa shape index (κ1) is 18.0. The van der Waals surface area contributed by atoms with Gasteiger partial charge in [-0.05, 0) is 49.1 Å². The van der Waals surface area contributed by atoms with Gasteiger partial charge in [-0.3, -0.25) is 0 Å². The molecule has 0 radical (unpaired) electrons. The summed E-state index contributed by atoms with van der Waals surface area (Å²) in [7, 11) is 0. The average Bonchev–Trinajstić information content (AvgIpc) is 3.00. The summed E-state index contributed by atoms with van der Waals surface area (Å²) in [6, 6.07) is 7.81. The Labute approximate surface area is 141 Å². The van der Waals surface area contributed by atoms with Gasteiger partial charge < -0.3 is 20.3 Å². The van der Waals surface area contributed by atoms with Crippen molar-refractivity contribution in [1.82, 2.24) is 9.88 Å². The largest absolute Gasteiger partial charge is 0.393 e. The van der Waals surface area contributed by atoms with E-state index in [1.54, 1.807) is 19.1 Å². The number of aliphatic hydroxyl groups excluding tert-OH is 1. The van der Waals surface area contributed by atoms with Crippen molar-refractivity contribution >= 4 is 11.7 Å². The minimum atomic E-state index is -0.496. The predicted molar refractivity (Wildman–Crippen MR) is 92.8 cm³/mol. The summed E-state index contributed by atoms with van der Waals surface area (Å²) in [4.78, 5) is 12.0. The van der Waals surface area contributed by atoms with Crippen molar-refractivity contribution in [2.24, 2.45) is 5.41 Å². The normalized spacial score (nSPS) is 12.7. The molecular formula is C18H24FN3O2. The molecule has 0 aliphatic rings. The summed E-state index contributed by atoms with van der Waals surface area (Å²) in [6.45, 7) is 5.99. The molecule has 2 aromatic rings. The van der Waals surface area contributed by atoms with Gasteiger partial charge in [-0.2, -0.15) is 0 Å². The summed E-state index contributed by atoms with van der Waals surface area (Å²) >= 11 is 0. The van der Waals surface area contributed by atoms with E-state index >= 15 is 0 Å². The van der Waals surface area contributed by atoms with Crippen molar-refractivity contribution in [3.63, 3.8) is 0 Å². The Hall–Kier alpha value is -2.34. The number of benzene rings is 1. The second-order valence-electron chi connectivity index (χ2n) is 6.78. The highest BCUT2D eigenvalue weighted by atomic mass is 19.1. The Kier molecular flexibility index (Phi) is 5.62. The first-order chi connectivity index (χ1) is 11.3. The van der Waals surface area contributed by atoms with E-state index in [0.29, 0.717) is 13.0 Å². The van der Waals surface area contributed by atoms with E-state index in [2.05, 4.69) is 10.6 Å². The van der Waals surface area contributed by atoms with Gasteiger partial charge in [0.2, 0.25) is 0 Å². The van der Waals surface area contributed by atoms with Crippen molar-refractivity contribution in [2.75, 3.05) is 11.9 Å². The number of nitrogens with zero attached hydrogens (tertiary/aromatic N) is 1. The van der Waals surface area contributed by atoms with E-state index in [1.807, 2.05) is 42.9 Å². The highest BCUT2D eigenvalue weighted by Crippen LogP contribution is 2.22. The highest BCUT2D eigenvalue weighted by Gasteiger charge is 2.21. The van der Waals surface area contributed by atoms with Crippen molar-refractivity contribution in [3.8, 4) is 5.69 Å². The lowest BCUT2D eigenvalue weighted by Crippen LogP contribution is -2.38. The maximum absolute atomic E-state index is 13.9. The fourth-order valence-electron chi connectivity index (χ4n) is 2.63. The Morgan fingerprint density at radius 3 is 2.62 bits per heavy atom. The van der Waals surface area contributed by atoms with E-state index in [0.717, 1.165) is 5.69 Å². The van der Waals surface area contributed by atoms with E-state index in [-0.39, 0.29) is 11.1 Å². The number of rotatable bonds is 6. The Morgan fingerprint density at radius 1 is 1.33 bits per heavy atom. The van der Waals surface area contributed by atoms with Crippen LogP contribution in [0, 0.1) is 11.2 Å². The van der Waals surface area contributed by atoms with Crippen molar-refractivity contribution in [1.29, 1.82) is 0 Å². The van der Waals surface area contributed by atoms with Gasteiger partial charge in [0.05, 0.1) is 11.8 Å². The van der Waals surface area contributed by atoms with Crippen LogP contribution in [0.15, 0.2) is 42.7 Å². The molecule has 1 heterocycles. The molecule has 1 atom stereocenters. The number of nitrogens with one attached hydrogen (secondary N) is 2. The second kappa shape index (κ2) is 7.49. The molecule has 0 spiro atoms. The molecule has 1 aromatic carbocycles. The maximum atomic E-state index is 13.9. The third kappa shape index (κ3) is 5.09. The number of aromatic nitrogens is 1. The maximum Gasteiger partial charge on any atom is 0.319 e. The van der Waals surface area contributed by atoms with Crippen molar-refractivity contribution < 1.29 is 14.3 Å². The summed E-state index contributed by atoms with van der Waals surface area (Å²) in [5.74, 6) is -0.496. The number of urea groups is 1. The number of anilines is 1. The molecule has 3 N–H and O–H groups in total. The Bertz CT molecular complexity index is 682. The van der Waals surface area contributed by atoms with Crippen LogP contribution < -0.4 is 10.6 Å². The van der Waals surface area contributed by atoms with Crippen molar-refractivity contribution in [3.05, 3.63) is 48.5 Å². The van der Waals surface area contributed by atoms with Crippen LogP contribution in [0.5, 0.6) is 0 Å². The van der Waals surface area contributed by atoms with E-state index < -0.39 is 18.0 Å². The van der Waals surface area contributed by atoms with E-state index in [1.165, 1.54) is 6.07 Å². The SMILES string of the molecule is CC(O)CC(C)(C)CNC(=O)Nc1cc(-n2cccc2)ccc1F. The monoisotopic (exact) mass is 333 g/mol. The quantitative estimate of drug-likeness (QED) is 0.757. The average molecular weight is 333 g/mol. The number of amides is 2. The molecule has 0 fully saturated rings. The van der Waals surface area contributed by atoms with Gasteiger partial charge in [-0.25, -0.2) is 9.18 Å². The van der Waals surface area contributed by atoms with Crippen LogP contribution in [0.2, 0.25) is 0 Å². The number of aliphatic hydroxyl groups is 1. The molecule has 24 heavy (non-hydrogen) atoms. The predicted octanol–water partition coefficient (Wildman–Crippen LogP) is 3.54. The number of carbonyl (C=O) groups is 1. The van der Waals surface area contributed by atoms with Gasteiger partial charge in [0.15, 0.2) is 0 Å². The fraction of sp³-hybridized carbons (Fsp3) is 0.389. The molecule has 130 valence electrons. The Balaban J connectivity index is 2.00. The molecular weight excluding hydrogens is 309 g/mol. The van der Waals surface area contributed by atoms with Crippen LogP contribution in [-0.4, -0.2) is 28.4 Å². The number of carbonyl (C=O) groups excluding carboxylic acids is 1. The zero-order chi connectivity index (χ0) is 17.7. The smallest absolute Gasteiger partial charge is 0.319 e. The van der Waals surface area contributed by atoms with Crippen LogP contribution in [0.1, 0.15) is 27.2 Å². The minimum absolute atomic E-state index is 0.118. The van der Waals surface area contributed by atoms with Crippen molar-refractivity contribution in [2.45, 2.75) is 33.3 Å². The molecule has 6 heteroatoms. The van der Waals surface area contributed by atoms with Gasteiger partial charge >= 0.3 is 6.03 Å². The molecule has 0 aliphatic heterocycles. The van der Waals surface area contributed by atoms with Gasteiger partial charge in [0.25, 0.3) is 0 Å². The molecule has 5 nitrogen and oxygen atoms in total. The van der Waals surface area contributed by atoms with Gasteiger partial charge in [0, 0.05) is 24.6 Å². The number of hydrogen-bond donors (Lipinski definition) is 3. The third-order valence-corrected chi connectivity index (χ3v) is 3.68. The molecule has 0 saturated heterocycles. The lowest BCUT2D eigenvalue weighted by atomic mass is 9.87. The van der Waals surface area contributed by atoms with Crippen LogP contribution in [0.25, 0.3) is 5.69 Å². The van der Waals surface area contributed by atoms with Crippen LogP contribution in [0.4, 0.5) is 14.9 Å². The van der Waals surface area contributed by atoms with Gasteiger partial charge in [0.1, 0.15) is 5.82 Å². The first-order valence-corrected chi connectivity index (χ1v) is 7.93. The second-order valence-corrected chi connectivity index (χ2v) is 6.78. The Morgan fingerprint density at radius 2 is 2.00 bits per heavy atom. The topological polar surface area (TPSA) is 66.3 Å². The van der Waals surface area contributed by atoms with Gasteiger partial charge in [-0.1, -0.05) is 13.8 Å². The zero-order valence-corrected chi connectivity index (χ0v) is 14.2. The van der Waals surface area contributed by atoms with E-state index in [4.69, 9.17) is 0 Å². The molecule has 0 aliphatic carbocycles. The summed E-state index contributed by atoms with van der Waals surface area (Å²) < 4.78 is 15.8. The summed E-state index contributed by atoms with van der Waals surface area (Å²) in [5.41, 5.74) is 0.620. The lowest BCUT2D eigenvalue weighted by molar-refractivity contribution is 0.129. The lowest BCUT2D eigenvalue weighted by Gasteiger charge is -2.26.